The topological polar surface area (TPSA) is 58.2 Å². The lowest BCUT2D eigenvalue weighted by Crippen LogP contribution is -2.19. The Labute approximate surface area is 143 Å². The first-order valence-electron chi connectivity index (χ1n) is 7.93. The van der Waals surface area contributed by atoms with Crippen LogP contribution in [0.4, 0.5) is 5.69 Å². The molecule has 1 aliphatic rings. The summed E-state index contributed by atoms with van der Waals surface area (Å²) in [7, 11) is 0. The molecule has 0 unspecified atom stereocenters. The molecule has 2 amide bonds. The molecule has 2 aromatic rings. The molecule has 3 rings (SSSR count). The second-order valence-electron chi connectivity index (χ2n) is 4.82. The summed E-state index contributed by atoms with van der Waals surface area (Å²) in [4.78, 5) is 23.1. The maximum atomic E-state index is 11.6. The van der Waals surface area contributed by atoms with Gasteiger partial charge in [-0.2, -0.15) is 0 Å². The standard InChI is InChI=1S/C16H14N2O2.C2H6.C2H4/c1-10-4-2-3-5-11(10)9-17-12-6-7-13-14(8-12)16(20)18-15(13)19;2*1-2/h2-8,17H,9H2,1H3,(H,18,19,20);1-2H3;1-2H2. The van der Waals surface area contributed by atoms with Crippen LogP contribution in [0.25, 0.3) is 0 Å². The van der Waals surface area contributed by atoms with Crippen molar-refractivity contribution < 1.29 is 9.59 Å². The van der Waals surface area contributed by atoms with Crippen molar-refractivity contribution in [1.29, 1.82) is 0 Å². The highest BCUT2D eigenvalue weighted by atomic mass is 16.2. The van der Waals surface area contributed by atoms with Gasteiger partial charge < -0.3 is 5.32 Å². The number of rotatable bonds is 3. The number of anilines is 1. The Hall–Kier alpha value is -2.88. The number of hydrogen-bond acceptors (Lipinski definition) is 3. The van der Waals surface area contributed by atoms with Gasteiger partial charge in [-0.1, -0.05) is 38.1 Å². The lowest BCUT2D eigenvalue weighted by molar-refractivity contribution is 0.0879. The first-order chi connectivity index (χ1) is 11.6. The molecule has 126 valence electrons. The van der Waals surface area contributed by atoms with Gasteiger partial charge in [0.2, 0.25) is 0 Å². The zero-order valence-electron chi connectivity index (χ0n) is 14.5. The molecule has 0 bridgehead atoms. The van der Waals surface area contributed by atoms with Crippen molar-refractivity contribution >= 4 is 17.5 Å². The van der Waals surface area contributed by atoms with Crippen molar-refractivity contribution in [3.05, 3.63) is 77.9 Å². The summed E-state index contributed by atoms with van der Waals surface area (Å²) in [5, 5.41) is 5.56. The van der Waals surface area contributed by atoms with Gasteiger partial charge in [0.1, 0.15) is 0 Å². The molecule has 2 aromatic carbocycles. The van der Waals surface area contributed by atoms with Gasteiger partial charge in [0.15, 0.2) is 0 Å². The van der Waals surface area contributed by atoms with Crippen LogP contribution in [0, 0.1) is 6.92 Å². The molecule has 2 N–H and O–H groups in total. The van der Waals surface area contributed by atoms with Gasteiger partial charge in [-0.15, -0.1) is 13.2 Å². The Balaban J connectivity index is 0.000000671. The first kappa shape index (κ1) is 19.2. The zero-order valence-corrected chi connectivity index (χ0v) is 14.5. The number of benzene rings is 2. The summed E-state index contributed by atoms with van der Waals surface area (Å²) in [5.74, 6) is -0.653. The van der Waals surface area contributed by atoms with Crippen molar-refractivity contribution in [2.75, 3.05) is 5.32 Å². The van der Waals surface area contributed by atoms with E-state index in [0.717, 1.165) is 5.69 Å². The molecule has 1 heterocycles. The fourth-order valence-corrected chi connectivity index (χ4v) is 2.28. The van der Waals surface area contributed by atoms with Crippen molar-refractivity contribution in [3.63, 3.8) is 0 Å². The quantitative estimate of drug-likeness (QED) is 0.653. The van der Waals surface area contributed by atoms with E-state index in [2.05, 4.69) is 42.8 Å². The van der Waals surface area contributed by atoms with Crippen LogP contribution in [0.2, 0.25) is 0 Å². The van der Waals surface area contributed by atoms with Crippen molar-refractivity contribution in [2.24, 2.45) is 0 Å². The van der Waals surface area contributed by atoms with Gasteiger partial charge in [-0.05, 0) is 36.2 Å². The molecule has 4 heteroatoms. The molecular formula is C20H24N2O2. The van der Waals surface area contributed by atoms with E-state index in [4.69, 9.17) is 0 Å². The summed E-state index contributed by atoms with van der Waals surface area (Å²) in [5.41, 5.74) is 4.13. The number of carbonyl (C=O) groups is 2. The number of fused-ring (bicyclic) bond motifs is 1. The number of hydrogen-bond donors (Lipinski definition) is 2. The number of amides is 2. The maximum Gasteiger partial charge on any atom is 0.259 e. The second-order valence-corrected chi connectivity index (χ2v) is 4.82. The van der Waals surface area contributed by atoms with E-state index in [1.165, 1.54) is 11.1 Å². The molecule has 4 nitrogen and oxygen atoms in total. The number of imide groups is 1. The summed E-state index contributed by atoms with van der Waals surface area (Å²) in [6, 6.07) is 13.3. The first-order valence-corrected chi connectivity index (χ1v) is 7.93. The van der Waals surface area contributed by atoms with E-state index in [9.17, 15) is 9.59 Å². The maximum absolute atomic E-state index is 11.6. The van der Waals surface area contributed by atoms with Crippen LogP contribution in [0.1, 0.15) is 45.7 Å². The minimum Gasteiger partial charge on any atom is -0.381 e. The zero-order chi connectivity index (χ0) is 18.1. The molecule has 0 saturated heterocycles. The molecule has 0 aromatic heterocycles. The average Bonchev–Trinajstić information content (AvgIpc) is 2.91. The van der Waals surface area contributed by atoms with Gasteiger partial charge in [-0.3, -0.25) is 14.9 Å². The SMILES string of the molecule is C=C.CC.Cc1ccccc1CNc1ccc2c(c1)C(=O)NC2=O. The largest absolute Gasteiger partial charge is 0.381 e. The highest BCUT2D eigenvalue weighted by Gasteiger charge is 2.26. The van der Waals surface area contributed by atoms with E-state index in [-0.39, 0.29) is 11.8 Å². The minimum absolute atomic E-state index is 0.324. The predicted octanol–water partition coefficient (Wildman–Crippen LogP) is 4.32. The molecular weight excluding hydrogens is 300 g/mol. The normalized spacial score (nSPS) is 11.3. The fraction of sp³-hybridized carbons (Fsp3) is 0.200. The van der Waals surface area contributed by atoms with Crippen LogP contribution < -0.4 is 10.6 Å². The Bertz CT molecular complexity index is 723. The fourth-order valence-electron chi connectivity index (χ4n) is 2.28. The van der Waals surface area contributed by atoms with E-state index in [0.29, 0.717) is 17.7 Å². The number of aryl methyl sites for hydroxylation is 1. The van der Waals surface area contributed by atoms with Crippen LogP contribution >= 0.6 is 0 Å². The van der Waals surface area contributed by atoms with Crippen LogP contribution in [0.5, 0.6) is 0 Å². The van der Waals surface area contributed by atoms with Crippen LogP contribution in [-0.4, -0.2) is 11.8 Å². The van der Waals surface area contributed by atoms with Crippen LogP contribution in [0.15, 0.2) is 55.6 Å². The smallest absolute Gasteiger partial charge is 0.259 e. The van der Waals surface area contributed by atoms with Crippen LogP contribution in [-0.2, 0) is 6.54 Å². The van der Waals surface area contributed by atoms with E-state index < -0.39 is 0 Å². The van der Waals surface area contributed by atoms with E-state index in [1.807, 2.05) is 32.0 Å². The third-order valence-electron chi connectivity index (χ3n) is 3.48. The molecule has 0 saturated carbocycles. The lowest BCUT2D eigenvalue weighted by Gasteiger charge is -2.09. The second kappa shape index (κ2) is 9.30. The Morgan fingerprint density at radius 2 is 1.58 bits per heavy atom. The predicted molar refractivity (Wildman–Crippen MR) is 99.3 cm³/mol. The molecule has 0 spiro atoms. The van der Waals surface area contributed by atoms with Gasteiger partial charge >= 0.3 is 0 Å². The highest BCUT2D eigenvalue weighted by molar-refractivity contribution is 6.21. The summed E-state index contributed by atoms with van der Waals surface area (Å²) < 4.78 is 0. The third kappa shape index (κ3) is 4.32. The molecule has 24 heavy (non-hydrogen) atoms. The average molecular weight is 324 g/mol. The van der Waals surface area contributed by atoms with E-state index in [1.54, 1.807) is 12.1 Å². The number of nitrogens with one attached hydrogen (secondary N) is 2. The summed E-state index contributed by atoms with van der Waals surface area (Å²) in [6.07, 6.45) is 0. The van der Waals surface area contributed by atoms with E-state index >= 15 is 0 Å². The Morgan fingerprint density at radius 1 is 0.958 bits per heavy atom. The molecule has 0 radical (unpaired) electrons. The van der Waals surface area contributed by atoms with Crippen molar-refractivity contribution in [1.82, 2.24) is 5.32 Å². The van der Waals surface area contributed by atoms with Gasteiger partial charge in [-0.25, -0.2) is 0 Å². The Morgan fingerprint density at radius 3 is 2.25 bits per heavy atom. The Kier molecular flexibility index (Phi) is 7.43. The molecule has 1 aliphatic heterocycles. The molecule has 0 atom stereocenters. The molecule has 0 aliphatic carbocycles. The minimum atomic E-state index is -0.329. The third-order valence-corrected chi connectivity index (χ3v) is 3.48. The lowest BCUT2D eigenvalue weighted by atomic mass is 10.1. The van der Waals surface area contributed by atoms with Gasteiger partial charge in [0.05, 0.1) is 11.1 Å². The van der Waals surface area contributed by atoms with Crippen molar-refractivity contribution in [2.45, 2.75) is 27.3 Å². The van der Waals surface area contributed by atoms with Crippen molar-refractivity contribution in [3.8, 4) is 0 Å². The highest BCUT2D eigenvalue weighted by Crippen LogP contribution is 2.21. The monoisotopic (exact) mass is 324 g/mol. The summed E-state index contributed by atoms with van der Waals surface area (Å²) >= 11 is 0. The molecule has 0 fully saturated rings. The van der Waals surface area contributed by atoms with Crippen LogP contribution in [0.3, 0.4) is 0 Å². The van der Waals surface area contributed by atoms with Gasteiger partial charge in [0, 0.05) is 12.2 Å². The van der Waals surface area contributed by atoms with Gasteiger partial charge in [0.25, 0.3) is 11.8 Å². The number of carbonyl (C=O) groups excluding carboxylic acids is 2. The summed E-state index contributed by atoms with van der Waals surface area (Å²) in [6.45, 7) is 12.7.